The highest BCUT2D eigenvalue weighted by Gasteiger charge is 2.25. The molecule has 0 aliphatic carbocycles. The Bertz CT molecular complexity index is 1420. The molecule has 0 aromatic rings. The number of ether oxygens (including phenoxy) is 4. The van der Waals surface area contributed by atoms with E-state index >= 15 is 0 Å². The van der Waals surface area contributed by atoms with Crippen LogP contribution in [0.4, 0.5) is 0 Å². The molecule has 0 aliphatic rings. The van der Waals surface area contributed by atoms with Crippen LogP contribution in [-0.2, 0) is 33.3 Å². The number of nitrogens with zero attached hydrogens (tertiary/aromatic N) is 1. The van der Waals surface area contributed by atoms with Crippen LogP contribution in [0.3, 0.4) is 0 Å². The molecule has 0 fully saturated rings. The minimum atomic E-state index is -1.52. The molecular weight excluding hydrogens is 839 g/mol. The molecule has 0 aliphatic heterocycles. The number of rotatable bonds is 47. The fourth-order valence-electron chi connectivity index (χ4n) is 6.82. The number of aliphatic carboxylic acids is 1. The van der Waals surface area contributed by atoms with Gasteiger partial charge in [-0.1, -0.05) is 188 Å². The number of carboxylic acids is 1. The molecule has 2 atom stereocenters. The lowest BCUT2D eigenvalue weighted by Gasteiger charge is -2.25. The Hall–Kier alpha value is -3.79. The monoisotopic (exact) mass is 937 g/mol. The van der Waals surface area contributed by atoms with Gasteiger partial charge in [-0.25, -0.2) is 4.79 Å². The second-order valence-electron chi connectivity index (χ2n) is 18.4. The molecule has 0 aromatic carbocycles. The van der Waals surface area contributed by atoms with Crippen LogP contribution in [0.2, 0.25) is 0 Å². The van der Waals surface area contributed by atoms with E-state index in [1.807, 2.05) is 21.1 Å². The minimum absolute atomic E-state index is 0.178. The van der Waals surface area contributed by atoms with Gasteiger partial charge < -0.3 is 28.5 Å². The second-order valence-corrected chi connectivity index (χ2v) is 18.4. The first kappa shape index (κ1) is 63.2. The van der Waals surface area contributed by atoms with E-state index in [1.165, 1.54) is 57.8 Å². The summed E-state index contributed by atoms with van der Waals surface area (Å²) in [6.45, 7) is 4.61. The Morgan fingerprint density at radius 2 is 0.806 bits per heavy atom. The highest BCUT2D eigenvalue weighted by molar-refractivity contribution is 5.71. The maximum atomic E-state index is 12.8. The van der Waals surface area contributed by atoms with Crippen LogP contribution in [0.5, 0.6) is 0 Å². The van der Waals surface area contributed by atoms with Crippen LogP contribution in [0.15, 0.2) is 97.2 Å². The van der Waals surface area contributed by atoms with Crippen molar-refractivity contribution in [2.75, 3.05) is 47.5 Å². The summed E-state index contributed by atoms with van der Waals surface area (Å²) >= 11 is 0. The van der Waals surface area contributed by atoms with Crippen molar-refractivity contribution in [2.24, 2.45) is 0 Å². The first-order valence-corrected chi connectivity index (χ1v) is 26.4. The zero-order valence-corrected chi connectivity index (χ0v) is 43.3. The summed E-state index contributed by atoms with van der Waals surface area (Å²) in [6, 6.07) is 0. The molecule has 2 unspecified atom stereocenters. The summed E-state index contributed by atoms with van der Waals surface area (Å²) < 4.78 is 22.8. The van der Waals surface area contributed by atoms with E-state index in [4.69, 9.17) is 18.9 Å². The van der Waals surface area contributed by atoms with Gasteiger partial charge in [-0.15, -0.1) is 0 Å². The van der Waals surface area contributed by atoms with Crippen LogP contribution in [-0.4, -0.2) is 87.4 Å². The number of carbonyl (C=O) groups is 3. The first-order chi connectivity index (χ1) is 32.6. The van der Waals surface area contributed by atoms with E-state index in [2.05, 4.69) is 111 Å². The average Bonchev–Trinajstić information content (AvgIpc) is 3.29. The molecule has 0 spiro atoms. The number of hydrogen-bond acceptors (Lipinski definition) is 7. The van der Waals surface area contributed by atoms with Crippen molar-refractivity contribution in [3.05, 3.63) is 97.2 Å². The highest BCUT2D eigenvalue weighted by Crippen LogP contribution is 2.15. The van der Waals surface area contributed by atoms with Gasteiger partial charge in [0.05, 0.1) is 34.4 Å². The van der Waals surface area contributed by atoms with Gasteiger partial charge in [0.25, 0.3) is 6.29 Å². The van der Waals surface area contributed by atoms with Crippen molar-refractivity contribution in [1.82, 2.24) is 0 Å². The third-order valence-corrected chi connectivity index (χ3v) is 10.8. The van der Waals surface area contributed by atoms with Gasteiger partial charge in [0.15, 0.2) is 6.10 Å². The molecule has 0 rings (SSSR count). The number of carboxylic acid groups (broad SMARTS) is 1. The van der Waals surface area contributed by atoms with Gasteiger partial charge in [-0.3, -0.25) is 9.59 Å². The van der Waals surface area contributed by atoms with Crippen molar-refractivity contribution in [2.45, 2.75) is 206 Å². The molecule has 0 saturated heterocycles. The predicted octanol–water partition coefficient (Wildman–Crippen LogP) is 15.0. The van der Waals surface area contributed by atoms with Gasteiger partial charge in [0.1, 0.15) is 13.2 Å². The lowest BCUT2D eigenvalue weighted by atomic mass is 10.0. The second kappa shape index (κ2) is 48.7. The summed E-state index contributed by atoms with van der Waals surface area (Å²) in [5, 5.41) is 9.68. The Balaban J connectivity index is 4.34. The van der Waals surface area contributed by atoms with E-state index in [0.717, 1.165) is 96.3 Å². The molecule has 0 saturated carbocycles. The maximum absolute atomic E-state index is 12.8. The molecule has 9 nitrogen and oxygen atoms in total. The molecule has 0 amide bonds. The van der Waals surface area contributed by atoms with Crippen LogP contribution >= 0.6 is 0 Å². The smallest absolute Gasteiger partial charge is 0.361 e. The topological polar surface area (TPSA) is 108 Å². The molecule has 1 N–H and O–H groups in total. The summed E-state index contributed by atoms with van der Waals surface area (Å²) in [7, 11) is 5.95. The lowest BCUT2D eigenvalue weighted by molar-refractivity contribution is -0.870. The standard InChI is InChI=1S/C58H97NO8/c1-6-8-10-12-14-16-18-20-22-24-25-26-27-28-29-30-31-33-35-37-39-41-43-45-47-49-56(61)67-54(53-66-58(57(62)63)64-51-50-59(3,4)5)52-65-55(60)48-46-44-42-40-38-36-34-32-23-21-19-17-15-13-11-9-7-2/h8-11,14-17,20-23,25-26,34,36,54,58H,6-7,12-13,18-19,24,27-33,35,37-53H2,1-5H3/p+1/b10-8-,11-9-,16-14-,17-15-,22-20-,23-21-,26-25-,36-34-. The third-order valence-electron chi connectivity index (χ3n) is 10.8. The van der Waals surface area contributed by atoms with Gasteiger partial charge in [-0.05, 0) is 89.9 Å². The van der Waals surface area contributed by atoms with E-state index in [1.54, 1.807) is 0 Å². The Labute approximate surface area is 410 Å². The van der Waals surface area contributed by atoms with Crippen molar-refractivity contribution < 1.29 is 42.9 Å². The van der Waals surface area contributed by atoms with Crippen molar-refractivity contribution >= 4 is 17.9 Å². The van der Waals surface area contributed by atoms with Crippen LogP contribution in [0.1, 0.15) is 194 Å². The summed E-state index contributed by atoms with van der Waals surface area (Å²) in [4.78, 5) is 37.3. The normalized spacial score (nSPS) is 13.6. The number of allylic oxidation sites excluding steroid dienone is 16. The fraction of sp³-hybridized carbons (Fsp3) is 0.672. The number of unbranched alkanes of at least 4 members (excludes halogenated alkanes) is 16. The van der Waals surface area contributed by atoms with Gasteiger partial charge in [0, 0.05) is 12.8 Å². The third kappa shape index (κ3) is 49.9. The van der Waals surface area contributed by atoms with E-state index in [0.29, 0.717) is 23.9 Å². The quantitative estimate of drug-likeness (QED) is 0.0211. The van der Waals surface area contributed by atoms with Gasteiger partial charge in [-0.2, -0.15) is 0 Å². The SMILES string of the molecule is CC/C=C\C/C=C\C/C=C\C/C=C\CCCCCCCCCCCCCCC(=O)OC(COC(=O)CCCCCC/C=C\C/C=C\C/C=C\C/C=C\CC)COC(OCC[N+](C)(C)C)C(=O)O. The van der Waals surface area contributed by atoms with Crippen LogP contribution in [0, 0.1) is 0 Å². The summed E-state index contributed by atoms with van der Waals surface area (Å²) in [5.41, 5.74) is 0. The van der Waals surface area contributed by atoms with Gasteiger partial charge >= 0.3 is 17.9 Å². The molecule has 0 aromatic heterocycles. The lowest BCUT2D eigenvalue weighted by Crippen LogP contribution is -2.40. The summed E-state index contributed by atoms with van der Waals surface area (Å²) in [5.74, 6) is -2.05. The fourth-order valence-corrected chi connectivity index (χ4v) is 6.82. The first-order valence-electron chi connectivity index (χ1n) is 26.4. The molecule has 9 heteroatoms. The highest BCUT2D eigenvalue weighted by atomic mass is 16.7. The van der Waals surface area contributed by atoms with E-state index < -0.39 is 24.3 Å². The van der Waals surface area contributed by atoms with Crippen LogP contribution < -0.4 is 0 Å². The van der Waals surface area contributed by atoms with Crippen molar-refractivity contribution in [3.8, 4) is 0 Å². The van der Waals surface area contributed by atoms with E-state index in [-0.39, 0.29) is 38.6 Å². The van der Waals surface area contributed by atoms with Crippen molar-refractivity contribution in [3.63, 3.8) is 0 Å². The van der Waals surface area contributed by atoms with Gasteiger partial charge in [0.2, 0.25) is 0 Å². The minimum Gasteiger partial charge on any atom is -0.477 e. The molecule has 0 heterocycles. The largest absolute Gasteiger partial charge is 0.477 e. The number of carbonyl (C=O) groups excluding carboxylic acids is 2. The Kier molecular flexibility index (Phi) is 45.9. The molecular formula is C58H98NO8+. The number of esters is 2. The number of hydrogen-bond donors (Lipinski definition) is 1. The molecule has 0 radical (unpaired) electrons. The predicted molar refractivity (Wildman–Crippen MR) is 281 cm³/mol. The number of quaternary nitrogens is 1. The van der Waals surface area contributed by atoms with E-state index in [9.17, 15) is 19.5 Å². The average molecular weight is 937 g/mol. The van der Waals surface area contributed by atoms with Crippen molar-refractivity contribution in [1.29, 1.82) is 0 Å². The van der Waals surface area contributed by atoms with Crippen LogP contribution in [0.25, 0.3) is 0 Å². The maximum Gasteiger partial charge on any atom is 0.361 e. The summed E-state index contributed by atoms with van der Waals surface area (Å²) in [6.07, 6.45) is 61.9. The Morgan fingerprint density at radius 3 is 1.19 bits per heavy atom. The molecule has 382 valence electrons. The molecule has 0 bridgehead atoms. The zero-order valence-electron chi connectivity index (χ0n) is 43.3. The number of likely N-dealkylation sites (N-methyl/N-ethyl adjacent to an activating group) is 1. The molecule has 67 heavy (non-hydrogen) atoms. The Morgan fingerprint density at radius 1 is 0.448 bits per heavy atom. The zero-order chi connectivity index (χ0) is 49.2.